The number of nitrogens with zero attached hydrogens (tertiary/aromatic N) is 4. The van der Waals surface area contributed by atoms with Crippen LogP contribution in [0.15, 0.2) is 36.4 Å². The molecule has 1 aromatic heterocycles. The Kier molecular flexibility index (Phi) is 5.06. The fourth-order valence-corrected chi connectivity index (χ4v) is 3.02. The van der Waals surface area contributed by atoms with Gasteiger partial charge in [0.2, 0.25) is 0 Å². The van der Waals surface area contributed by atoms with E-state index in [-0.39, 0.29) is 0 Å². The molecule has 2 heterocycles. The molecule has 1 aromatic carbocycles. The highest BCUT2D eigenvalue weighted by Crippen LogP contribution is 2.18. The average molecular weight is 328 g/mol. The molecule has 0 atom stereocenters. The van der Waals surface area contributed by atoms with Gasteiger partial charge in [-0.05, 0) is 42.7 Å². The lowest BCUT2D eigenvalue weighted by Gasteiger charge is -2.32. The van der Waals surface area contributed by atoms with E-state index in [4.69, 9.17) is 16.9 Å². The highest BCUT2D eigenvalue weighted by atomic mass is 35.5. The Morgan fingerprint density at radius 1 is 1.22 bits per heavy atom. The van der Waals surface area contributed by atoms with Crippen LogP contribution in [0.5, 0.6) is 0 Å². The van der Waals surface area contributed by atoms with Gasteiger partial charge in [-0.2, -0.15) is 5.26 Å². The summed E-state index contributed by atoms with van der Waals surface area (Å²) in [6.07, 6.45) is 2.12. The Labute approximate surface area is 140 Å². The molecule has 0 bridgehead atoms. The first kappa shape index (κ1) is 15.7. The number of benzene rings is 1. The Bertz CT molecular complexity index is 687. The molecule has 1 fully saturated rings. The minimum absolute atomic E-state index is 0.340. The lowest BCUT2D eigenvalue weighted by Crippen LogP contribution is -2.38. The second-order valence-corrected chi connectivity index (χ2v) is 6.18. The first-order valence-electron chi connectivity index (χ1n) is 7.70. The summed E-state index contributed by atoms with van der Waals surface area (Å²) in [6, 6.07) is 13.9. The number of nitrogens with one attached hydrogen (secondary N) is 1. The van der Waals surface area contributed by atoms with E-state index < -0.39 is 0 Å². The number of hydrogen-bond donors (Lipinski definition) is 1. The normalized spacial score (nSPS) is 16.0. The zero-order valence-electron chi connectivity index (χ0n) is 12.7. The average Bonchev–Trinajstić information content (AvgIpc) is 2.57. The molecule has 0 spiro atoms. The number of rotatable bonds is 4. The van der Waals surface area contributed by atoms with E-state index in [1.165, 1.54) is 5.56 Å². The van der Waals surface area contributed by atoms with Gasteiger partial charge in [0.15, 0.2) is 5.69 Å². The van der Waals surface area contributed by atoms with Gasteiger partial charge in [-0.3, -0.25) is 4.90 Å². The fourth-order valence-electron chi connectivity index (χ4n) is 2.81. The summed E-state index contributed by atoms with van der Waals surface area (Å²) in [7, 11) is 0. The van der Waals surface area contributed by atoms with Gasteiger partial charge in [0.1, 0.15) is 11.9 Å². The summed E-state index contributed by atoms with van der Waals surface area (Å²) >= 11 is 6.04. The van der Waals surface area contributed by atoms with Gasteiger partial charge in [-0.1, -0.05) is 23.7 Å². The van der Waals surface area contributed by atoms with Gasteiger partial charge in [0, 0.05) is 30.7 Å². The SMILES string of the molecule is N#Cc1ccc(NC2CCN(Cc3cccc(Cl)c3)CC2)nn1. The predicted octanol–water partition coefficient (Wildman–Crippen LogP) is 3.08. The monoisotopic (exact) mass is 327 g/mol. The van der Waals surface area contributed by atoms with Crippen molar-refractivity contribution in [2.24, 2.45) is 0 Å². The van der Waals surface area contributed by atoms with Gasteiger partial charge in [0.25, 0.3) is 0 Å². The van der Waals surface area contributed by atoms with Crippen LogP contribution in [0, 0.1) is 11.3 Å². The third-order valence-corrected chi connectivity index (χ3v) is 4.25. The van der Waals surface area contributed by atoms with Gasteiger partial charge in [0.05, 0.1) is 0 Å². The van der Waals surface area contributed by atoms with Crippen molar-refractivity contribution >= 4 is 17.4 Å². The molecule has 1 aliphatic rings. The molecule has 6 heteroatoms. The Balaban J connectivity index is 1.49. The Morgan fingerprint density at radius 3 is 2.70 bits per heavy atom. The summed E-state index contributed by atoms with van der Waals surface area (Å²) in [6.45, 7) is 3.01. The molecule has 1 N–H and O–H groups in total. The lowest BCUT2D eigenvalue weighted by atomic mass is 10.0. The zero-order valence-corrected chi connectivity index (χ0v) is 13.5. The minimum atomic E-state index is 0.340. The van der Waals surface area contributed by atoms with E-state index in [0.717, 1.165) is 43.3 Å². The molecule has 0 aliphatic carbocycles. The number of likely N-dealkylation sites (tertiary alicyclic amines) is 1. The predicted molar refractivity (Wildman–Crippen MR) is 90.1 cm³/mol. The number of halogens is 1. The highest BCUT2D eigenvalue weighted by Gasteiger charge is 2.19. The number of hydrogen-bond acceptors (Lipinski definition) is 5. The quantitative estimate of drug-likeness (QED) is 0.934. The van der Waals surface area contributed by atoms with Gasteiger partial charge >= 0.3 is 0 Å². The fraction of sp³-hybridized carbons (Fsp3) is 0.353. The molecular formula is C17H18ClN5. The molecule has 1 saturated heterocycles. The van der Waals surface area contributed by atoms with E-state index in [9.17, 15) is 0 Å². The van der Waals surface area contributed by atoms with Gasteiger partial charge in [-0.15, -0.1) is 10.2 Å². The molecule has 0 radical (unpaired) electrons. The maximum absolute atomic E-state index is 8.73. The lowest BCUT2D eigenvalue weighted by molar-refractivity contribution is 0.211. The first-order chi connectivity index (χ1) is 11.2. The van der Waals surface area contributed by atoms with E-state index in [1.807, 2.05) is 30.3 Å². The van der Waals surface area contributed by atoms with Crippen molar-refractivity contribution in [2.45, 2.75) is 25.4 Å². The van der Waals surface area contributed by atoms with E-state index >= 15 is 0 Å². The van der Waals surface area contributed by atoms with Crippen molar-refractivity contribution in [1.82, 2.24) is 15.1 Å². The molecule has 3 rings (SSSR count). The van der Waals surface area contributed by atoms with E-state index in [1.54, 1.807) is 6.07 Å². The minimum Gasteiger partial charge on any atom is -0.366 e. The summed E-state index contributed by atoms with van der Waals surface area (Å²) in [5, 5.41) is 20.8. The number of nitriles is 1. The number of anilines is 1. The van der Waals surface area contributed by atoms with Crippen LogP contribution in [-0.4, -0.2) is 34.2 Å². The van der Waals surface area contributed by atoms with Gasteiger partial charge in [-0.25, -0.2) is 0 Å². The van der Waals surface area contributed by atoms with Crippen LogP contribution in [0.1, 0.15) is 24.1 Å². The van der Waals surface area contributed by atoms with Crippen molar-refractivity contribution in [2.75, 3.05) is 18.4 Å². The molecular weight excluding hydrogens is 310 g/mol. The van der Waals surface area contributed by atoms with Crippen LogP contribution in [0.2, 0.25) is 5.02 Å². The van der Waals surface area contributed by atoms with Crippen molar-refractivity contribution in [3.8, 4) is 6.07 Å². The second kappa shape index (κ2) is 7.40. The van der Waals surface area contributed by atoms with Crippen LogP contribution in [0.4, 0.5) is 5.82 Å². The topological polar surface area (TPSA) is 64.8 Å². The summed E-state index contributed by atoms with van der Waals surface area (Å²) < 4.78 is 0. The van der Waals surface area contributed by atoms with Crippen LogP contribution >= 0.6 is 11.6 Å². The molecule has 0 amide bonds. The zero-order chi connectivity index (χ0) is 16.1. The summed E-state index contributed by atoms with van der Waals surface area (Å²) in [4.78, 5) is 2.44. The second-order valence-electron chi connectivity index (χ2n) is 5.74. The Morgan fingerprint density at radius 2 is 2.04 bits per heavy atom. The molecule has 0 unspecified atom stereocenters. The number of piperidine rings is 1. The Hall–Kier alpha value is -2.16. The smallest absolute Gasteiger partial charge is 0.163 e. The van der Waals surface area contributed by atoms with Crippen LogP contribution in [-0.2, 0) is 6.54 Å². The van der Waals surface area contributed by atoms with Crippen LogP contribution < -0.4 is 5.32 Å². The highest BCUT2D eigenvalue weighted by molar-refractivity contribution is 6.30. The standard InChI is InChI=1S/C17H18ClN5/c18-14-3-1-2-13(10-14)12-23-8-6-15(7-9-23)20-17-5-4-16(11-19)21-22-17/h1-5,10,15H,6-9,12H2,(H,20,22). The molecule has 5 nitrogen and oxygen atoms in total. The first-order valence-corrected chi connectivity index (χ1v) is 8.08. The van der Waals surface area contributed by atoms with Crippen molar-refractivity contribution in [3.63, 3.8) is 0 Å². The number of aromatic nitrogens is 2. The molecule has 23 heavy (non-hydrogen) atoms. The van der Waals surface area contributed by atoms with Crippen molar-refractivity contribution in [1.29, 1.82) is 5.26 Å². The molecule has 2 aromatic rings. The third kappa shape index (κ3) is 4.41. The summed E-state index contributed by atoms with van der Waals surface area (Å²) in [5.74, 6) is 0.734. The van der Waals surface area contributed by atoms with E-state index in [2.05, 4.69) is 26.5 Å². The third-order valence-electron chi connectivity index (χ3n) is 4.01. The van der Waals surface area contributed by atoms with E-state index in [0.29, 0.717) is 11.7 Å². The van der Waals surface area contributed by atoms with Crippen molar-refractivity contribution in [3.05, 3.63) is 52.7 Å². The maximum atomic E-state index is 8.73. The van der Waals surface area contributed by atoms with Crippen LogP contribution in [0.3, 0.4) is 0 Å². The maximum Gasteiger partial charge on any atom is 0.163 e. The van der Waals surface area contributed by atoms with Gasteiger partial charge < -0.3 is 5.32 Å². The summed E-state index contributed by atoms with van der Waals surface area (Å²) in [5.41, 5.74) is 1.59. The molecule has 0 saturated carbocycles. The van der Waals surface area contributed by atoms with Crippen LogP contribution in [0.25, 0.3) is 0 Å². The molecule has 118 valence electrons. The van der Waals surface area contributed by atoms with Crippen molar-refractivity contribution < 1.29 is 0 Å². The molecule has 1 aliphatic heterocycles. The largest absolute Gasteiger partial charge is 0.366 e.